The summed E-state index contributed by atoms with van der Waals surface area (Å²) in [6.07, 6.45) is -4.98. The summed E-state index contributed by atoms with van der Waals surface area (Å²) in [5.41, 5.74) is -2.16. The van der Waals surface area contributed by atoms with Crippen molar-refractivity contribution in [3.63, 3.8) is 0 Å². The molecule has 0 fully saturated rings. The zero-order valence-corrected chi connectivity index (χ0v) is 24.8. The third-order valence-electron chi connectivity index (χ3n) is 8.11. The molecular weight excluding hydrogens is 613 g/mol. The Morgan fingerprint density at radius 2 is 1.27 bits per heavy atom. The molecule has 48 heavy (non-hydrogen) atoms. The lowest BCUT2D eigenvalue weighted by atomic mass is 9.88. The monoisotopic (exact) mass is 626 g/mol. The smallest absolute Gasteiger partial charge is 0.237 e. The zero-order chi connectivity index (χ0) is 35.1. The highest BCUT2D eigenvalue weighted by Gasteiger charge is 2.41. The van der Waals surface area contributed by atoms with Crippen molar-refractivity contribution in [2.75, 3.05) is 0 Å². The molecule has 0 saturated carbocycles. The average Bonchev–Trinajstić information content (AvgIpc) is 3.58. The molecule has 0 spiro atoms. The molecule has 0 aliphatic heterocycles. The second kappa shape index (κ2) is 11.7. The number of halogens is 3. The normalized spacial score (nSPS) is 14.9. The summed E-state index contributed by atoms with van der Waals surface area (Å²) >= 11 is 0. The van der Waals surface area contributed by atoms with E-state index in [9.17, 15) is 39.5 Å². The van der Waals surface area contributed by atoms with Gasteiger partial charge in [0.2, 0.25) is 5.70 Å². The van der Waals surface area contributed by atoms with Crippen molar-refractivity contribution >= 4 is 33.6 Å². The average molecular weight is 627 g/mol. The van der Waals surface area contributed by atoms with E-state index in [-0.39, 0.29) is 66.9 Å². The molecule has 0 amide bonds. The van der Waals surface area contributed by atoms with Crippen LogP contribution in [0, 0.1) is 90.2 Å². The van der Waals surface area contributed by atoms with Gasteiger partial charge in [-0.3, -0.25) is 0 Å². The second-order valence-electron chi connectivity index (χ2n) is 10.5. The van der Waals surface area contributed by atoms with Crippen molar-refractivity contribution in [3.05, 3.63) is 149 Å². The van der Waals surface area contributed by atoms with Crippen LogP contribution in [0.1, 0.15) is 61.2 Å². The zero-order valence-electron chi connectivity index (χ0n) is 24.8. The number of aryl methyl sites for hydroxylation is 2. The van der Waals surface area contributed by atoms with Gasteiger partial charge in [-0.05, 0) is 82.1 Å². The molecule has 0 heterocycles. The standard InChI is InChI=1S/C37H13F3N8/c1-18-6-7-20(10-19(18)2)31-35(29(17-45)47-4)24-12-23-32(26(15-43)33(24)36(31)48-5)25(14-42)30(34(23)28(16-44)46-3)21-8-9-22(13-41)27(11-21)37(38,39)40/h6-12H,1-2H3/b34-28+,35-29-. The molecule has 0 unspecified atom stereocenters. The first-order chi connectivity index (χ1) is 22.9. The summed E-state index contributed by atoms with van der Waals surface area (Å²) in [5.74, 6) is 0. The number of nitriles is 5. The van der Waals surface area contributed by atoms with Gasteiger partial charge in [-0.25, -0.2) is 25.1 Å². The number of nitrogens with zero attached hydrogens (tertiary/aromatic N) is 8. The molecular formula is C37H13F3N8. The highest BCUT2D eigenvalue weighted by Crippen LogP contribution is 2.57. The summed E-state index contributed by atoms with van der Waals surface area (Å²) in [4.78, 5) is 10.4. The third-order valence-corrected chi connectivity index (χ3v) is 8.11. The predicted molar refractivity (Wildman–Crippen MR) is 167 cm³/mol. The molecule has 0 radical (unpaired) electrons. The Morgan fingerprint density at radius 3 is 1.77 bits per heavy atom. The van der Waals surface area contributed by atoms with Crippen LogP contribution in [0.25, 0.3) is 48.1 Å². The maximum atomic E-state index is 14.0. The van der Waals surface area contributed by atoms with Crippen molar-refractivity contribution in [2.45, 2.75) is 20.0 Å². The largest absolute Gasteiger partial charge is 0.417 e. The lowest BCUT2D eigenvalue weighted by molar-refractivity contribution is -0.137. The van der Waals surface area contributed by atoms with Crippen molar-refractivity contribution in [2.24, 2.45) is 0 Å². The van der Waals surface area contributed by atoms with Gasteiger partial charge >= 0.3 is 6.18 Å². The molecule has 0 aromatic heterocycles. The molecule has 0 bridgehead atoms. The van der Waals surface area contributed by atoms with Gasteiger partial charge in [0.15, 0.2) is 0 Å². The number of fused-ring (bicyclic) bond motifs is 2. The number of alkyl halides is 3. The van der Waals surface area contributed by atoms with Gasteiger partial charge in [0.25, 0.3) is 11.4 Å². The van der Waals surface area contributed by atoms with Crippen LogP contribution in [0.2, 0.25) is 0 Å². The Hall–Kier alpha value is -7.67. The minimum Gasteiger partial charge on any atom is -0.237 e. The van der Waals surface area contributed by atoms with Crippen molar-refractivity contribution < 1.29 is 13.2 Å². The SMILES string of the molecule is [C-]#[N+]C1=C(c2ccc(C)c(C)c2)/C(=C(/C#N)[N+]#[C-])c2cc3c(c(C#N)c21)C(C#N)=C(c1ccc(C#N)c(C(F)(F)F)c1)/C3=C(\C#N)[N+]#[C-]. The van der Waals surface area contributed by atoms with Gasteiger partial charge in [-0.15, -0.1) is 0 Å². The van der Waals surface area contributed by atoms with Gasteiger partial charge in [0.05, 0.1) is 66.3 Å². The van der Waals surface area contributed by atoms with Crippen molar-refractivity contribution in [1.82, 2.24) is 0 Å². The van der Waals surface area contributed by atoms with E-state index >= 15 is 0 Å². The van der Waals surface area contributed by atoms with E-state index in [0.717, 1.165) is 23.3 Å². The Morgan fingerprint density at radius 1 is 0.688 bits per heavy atom. The lowest BCUT2D eigenvalue weighted by Crippen LogP contribution is -2.08. The Bertz CT molecular complexity index is 2510. The Kier molecular flexibility index (Phi) is 7.73. The topological polar surface area (TPSA) is 132 Å². The molecule has 5 rings (SSSR count). The highest BCUT2D eigenvalue weighted by molar-refractivity contribution is 6.30. The lowest BCUT2D eigenvalue weighted by Gasteiger charge is -2.15. The molecule has 0 saturated heterocycles. The molecule has 2 aliphatic carbocycles. The van der Waals surface area contributed by atoms with Gasteiger partial charge in [-0.1, -0.05) is 24.3 Å². The summed E-state index contributed by atoms with van der Waals surface area (Å²) in [6, 6.07) is 18.3. The van der Waals surface area contributed by atoms with Gasteiger partial charge in [0, 0.05) is 16.7 Å². The number of hydrogen-bond acceptors (Lipinski definition) is 5. The van der Waals surface area contributed by atoms with E-state index in [1.807, 2.05) is 32.1 Å². The number of allylic oxidation sites excluding steroid dienone is 7. The van der Waals surface area contributed by atoms with E-state index in [0.29, 0.717) is 11.6 Å². The quantitative estimate of drug-likeness (QED) is 0.207. The van der Waals surface area contributed by atoms with Crippen LogP contribution in [-0.4, -0.2) is 0 Å². The van der Waals surface area contributed by atoms with Crippen LogP contribution in [0.15, 0.2) is 53.9 Å². The molecule has 11 heteroatoms. The first-order valence-corrected chi connectivity index (χ1v) is 13.6. The summed E-state index contributed by atoms with van der Waals surface area (Å²) in [6.45, 7) is 27.3. The predicted octanol–water partition coefficient (Wildman–Crippen LogP) is 8.62. The van der Waals surface area contributed by atoms with E-state index in [1.165, 1.54) is 12.1 Å². The fourth-order valence-corrected chi connectivity index (χ4v) is 5.95. The first kappa shape index (κ1) is 31.7. The number of rotatable bonds is 2. The summed E-state index contributed by atoms with van der Waals surface area (Å²) in [5, 5.41) is 50.4. The Balaban J connectivity index is 2.02. The van der Waals surface area contributed by atoms with E-state index in [1.54, 1.807) is 24.3 Å². The van der Waals surface area contributed by atoms with E-state index in [4.69, 9.17) is 19.7 Å². The summed E-state index contributed by atoms with van der Waals surface area (Å²) < 4.78 is 42.1. The van der Waals surface area contributed by atoms with E-state index < -0.39 is 28.7 Å². The van der Waals surface area contributed by atoms with Crippen LogP contribution < -0.4 is 0 Å². The first-order valence-electron chi connectivity index (χ1n) is 13.6. The highest BCUT2D eigenvalue weighted by atomic mass is 19.4. The molecule has 0 N–H and O–H groups in total. The van der Waals surface area contributed by atoms with Crippen LogP contribution in [-0.2, 0) is 6.18 Å². The van der Waals surface area contributed by atoms with E-state index in [2.05, 4.69) is 14.5 Å². The molecule has 3 aromatic rings. The third kappa shape index (κ3) is 4.55. The van der Waals surface area contributed by atoms with Gasteiger partial charge < -0.3 is 0 Å². The summed E-state index contributed by atoms with van der Waals surface area (Å²) in [7, 11) is 0. The minimum absolute atomic E-state index is 0.00337. The molecule has 222 valence electrons. The molecule has 2 aliphatic rings. The van der Waals surface area contributed by atoms with Crippen LogP contribution in [0.3, 0.4) is 0 Å². The maximum absolute atomic E-state index is 14.0. The van der Waals surface area contributed by atoms with Crippen LogP contribution in [0.5, 0.6) is 0 Å². The number of benzene rings is 3. The Labute approximate surface area is 272 Å². The fraction of sp³-hybridized carbons (Fsp3) is 0.0811. The van der Waals surface area contributed by atoms with Crippen LogP contribution >= 0.6 is 0 Å². The van der Waals surface area contributed by atoms with Crippen molar-refractivity contribution in [3.8, 4) is 30.3 Å². The minimum atomic E-state index is -4.98. The fourth-order valence-electron chi connectivity index (χ4n) is 5.95. The molecule has 0 atom stereocenters. The van der Waals surface area contributed by atoms with Gasteiger partial charge in [0.1, 0.15) is 6.07 Å². The van der Waals surface area contributed by atoms with Crippen LogP contribution in [0.4, 0.5) is 13.2 Å². The molecule has 3 aromatic carbocycles. The van der Waals surface area contributed by atoms with Crippen molar-refractivity contribution in [1.29, 1.82) is 26.3 Å². The second-order valence-corrected chi connectivity index (χ2v) is 10.5. The maximum Gasteiger partial charge on any atom is 0.417 e. The number of hydrogen-bond donors (Lipinski definition) is 0. The van der Waals surface area contributed by atoms with Gasteiger partial charge in [-0.2, -0.15) is 29.0 Å². The molecule has 8 nitrogen and oxygen atoms in total.